The molecule has 6 nitrogen and oxygen atoms in total. The van der Waals surface area contributed by atoms with Crippen molar-refractivity contribution >= 4 is 0 Å². The molecule has 32 heavy (non-hydrogen) atoms. The molecule has 2 atom stereocenters. The van der Waals surface area contributed by atoms with Crippen LogP contribution in [0.1, 0.15) is 42.9 Å². The van der Waals surface area contributed by atoms with Crippen LogP contribution in [0.15, 0.2) is 41.2 Å². The van der Waals surface area contributed by atoms with Crippen LogP contribution in [0.3, 0.4) is 0 Å². The number of fused-ring (bicyclic) bond motifs is 4. The van der Waals surface area contributed by atoms with E-state index in [4.69, 9.17) is 9.47 Å². The van der Waals surface area contributed by atoms with E-state index in [1.54, 1.807) is 13.2 Å². The molecule has 2 saturated heterocycles. The van der Waals surface area contributed by atoms with Gasteiger partial charge in [-0.2, -0.15) is 0 Å². The van der Waals surface area contributed by atoms with Gasteiger partial charge in [-0.05, 0) is 62.5 Å². The van der Waals surface area contributed by atoms with Crippen LogP contribution < -0.4 is 15.0 Å². The van der Waals surface area contributed by atoms with E-state index in [9.17, 15) is 4.79 Å². The lowest BCUT2D eigenvalue weighted by Crippen LogP contribution is -2.46. The highest BCUT2D eigenvalue weighted by atomic mass is 16.5. The smallest absolute Gasteiger partial charge is 0.250 e. The highest BCUT2D eigenvalue weighted by molar-refractivity contribution is 5.40. The Labute approximate surface area is 190 Å². The van der Waals surface area contributed by atoms with Gasteiger partial charge in [0.25, 0.3) is 5.56 Å². The second-order valence-corrected chi connectivity index (χ2v) is 9.62. The van der Waals surface area contributed by atoms with Gasteiger partial charge in [0, 0.05) is 56.0 Å². The maximum Gasteiger partial charge on any atom is 0.250 e. The van der Waals surface area contributed by atoms with Crippen LogP contribution in [0.5, 0.6) is 11.5 Å². The maximum absolute atomic E-state index is 12.3. The summed E-state index contributed by atoms with van der Waals surface area (Å²) in [6.07, 6.45) is 5.16. The fraction of sp³-hybridized carbons (Fsp3) is 0.577. The van der Waals surface area contributed by atoms with Crippen molar-refractivity contribution in [2.75, 3.05) is 46.4 Å². The lowest BCUT2D eigenvalue weighted by Gasteiger charge is -2.42. The second kappa shape index (κ2) is 9.67. The van der Waals surface area contributed by atoms with Crippen LogP contribution in [0.4, 0.5) is 0 Å². The summed E-state index contributed by atoms with van der Waals surface area (Å²) >= 11 is 0. The third-order valence-corrected chi connectivity index (χ3v) is 7.33. The third-order valence-electron chi connectivity index (χ3n) is 7.33. The molecule has 2 fully saturated rings. The van der Waals surface area contributed by atoms with Crippen molar-refractivity contribution in [1.29, 1.82) is 0 Å². The van der Waals surface area contributed by atoms with Gasteiger partial charge in [0.15, 0.2) is 0 Å². The van der Waals surface area contributed by atoms with Crippen molar-refractivity contribution in [2.45, 2.75) is 44.7 Å². The van der Waals surface area contributed by atoms with E-state index in [1.165, 1.54) is 50.0 Å². The van der Waals surface area contributed by atoms with E-state index in [-0.39, 0.29) is 5.56 Å². The molecule has 3 aliphatic heterocycles. The summed E-state index contributed by atoms with van der Waals surface area (Å²) < 4.78 is 13.8. The average Bonchev–Trinajstić information content (AvgIpc) is 2.81. The Kier molecular flexibility index (Phi) is 6.51. The molecule has 2 bridgehead atoms. The average molecular weight is 438 g/mol. The minimum absolute atomic E-state index is 0.140. The molecule has 6 heteroatoms. The zero-order chi connectivity index (χ0) is 21.9. The molecule has 172 valence electrons. The highest BCUT2D eigenvalue weighted by Gasteiger charge is 2.34. The van der Waals surface area contributed by atoms with Crippen LogP contribution in [-0.4, -0.2) is 60.8 Å². The predicted molar refractivity (Wildman–Crippen MR) is 126 cm³/mol. The Hall–Kier alpha value is -2.31. The normalized spacial score (nSPS) is 23.5. The molecular formula is C26H35N3O3. The van der Waals surface area contributed by atoms with E-state index in [2.05, 4.69) is 21.9 Å². The standard InChI is InChI=1S/C26H35N3O3/c1-31-25-9-8-23(32-13-12-27-10-3-2-4-11-27)15-22(25)19-28-16-20-14-21(18-28)24-6-5-7-26(30)29(24)17-20/h5-9,15,20-21H,2-4,10-14,16-19H2,1H3/t20-,21+/m0/s1. The number of benzene rings is 1. The molecule has 0 N–H and O–H groups in total. The molecule has 0 radical (unpaired) electrons. The summed E-state index contributed by atoms with van der Waals surface area (Å²) in [5.74, 6) is 2.79. The van der Waals surface area contributed by atoms with Crippen LogP contribution in [-0.2, 0) is 13.1 Å². The summed E-state index contributed by atoms with van der Waals surface area (Å²) in [5.41, 5.74) is 2.51. The highest BCUT2D eigenvalue weighted by Crippen LogP contribution is 2.36. The molecule has 0 saturated carbocycles. The SMILES string of the molecule is COc1ccc(OCCN2CCCCC2)cc1CN1C[C@@H]2C[C@H](C1)c1cccc(=O)n1C2. The molecule has 1 aromatic carbocycles. The van der Waals surface area contributed by atoms with Crippen LogP contribution in [0.25, 0.3) is 0 Å². The topological polar surface area (TPSA) is 46.9 Å². The zero-order valence-corrected chi connectivity index (χ0v) is 19.2. The van der Waals surface area contributed by atoms with Crippen molar-refractivity contribution < 1.29 is 9.47 Å². The number of ether oxygens (including phenoxy) is 2. The van der Waals surface area contributed by atoms with Gasteiger partial charge in [-0.3, -0.25) is 14.6 Å². The molecule has 1 aromatic heterocycles. The van der Waals surface area contributed by atoms with Crippen molar-refractivity contribution in [2.24, 2.45) is 5.92 Å². The van der Waals surface area contributed by atoms with Gasteiger partial charge in [0.05, 0.1) is 7.11 Å². The van der Waals surface area contributed by atoms with Crippen molar-refractivity contribution in [3.05, 3.63) is 58.0 Å². The minimum Gasteiger partial charge on any atom is -0.496 e. The first-order valence-electron chi connectivity index (χ1n) is 12.1. The first-order chi connectivity index (χ1) is 15.7. The maximum atomic E-state index is 12.3. The van der Waals surface area contributed by atoms with Gasteiger partial charge < -0.3 is 14.0 Å². The molecule has 5 rings (SSSR count). The Morgan fingerprint density at radius 1 is 1.00 bits per heavy atom. The van der Waals surface area contributed by atoms with Gasteiger partial charge >= 0.3 is 0 Å². The molecule has 0 spiro atoms. The summed E-state index contributed by atoms with van der Waals surface area (Å²) in [7, 11) is 1.74. The number of likely N-dealkylation sites (tertiary alicyclic amines) is 2. The van der Waals surface area contributed by atoms with Gasteiger partial charge in [-0.15, -0.1) is 0 Å². The largest absolute Gasteiger partial charge is 0.496 e. The quantitative estimate of drug-likeness (QED) is 0.665. The monoisotopic (exact) mass is 437 g/mol. The number of methoxy groups -OCH3 is 1. The molecule has 0 unspecified atom stereocenters. The Bertz CT molecular complexity index is 983. The number of pyridine rings is 1. The van der Waals surface area contributed by atoms with E-state index in [0.717, 1.165) is 50.8 Å². The Morgan fingerprint density at radius 2 is 1.88 bits per heavy atom. The van der Waals surface area contributed by atoms with Crippen LogP contribution in [0, 0.1) is 5.92 Å². The fourth-order valence-corrected chi connectivity index (χ4v) is 5.81. The van der Waals surface area contributed by atoms with Crippen molar-refractivity contribution in [3.8, 4) is 11.5 Å². The lowest BCUT2D eigenvalue weighted by molar-refractivity contribution is 0.113. The Morgan fingerprint density at radius 3 is 2.72 bits per heavy atom. The van der Waals surface area contributed by atoms with Crippen molar-refractivity contribution in [3.63, 3.8) is 0 Å². The van der Waals surface area contributed by atoms with Crippen LogP contribution >= 0.6 is 0 Å². The fourth-order valence-electron chi connectivity index (χ4n) is 5.81. The predicted octanol–water partition coefficient (Wildman–Crippen LogP) is 3.34. The van der Waals surface area contributed by atoms with Gasteiger partial charge in [0.2, 0.25) is 0 Å². The first kappa shape index (κ1) is 21.5. The molecule has 3 aliphatic rings. The number of nitrogens with zero attached hydrogens (tertiary/aromatic N) is 3. The van der Waals surface area contributed by atoms with Gasteiger partial charge in [-0.1, -0.05) is 12.5 Å². The number of rotatable bonds is 7. The third kappa shape index (κ3) is 4.71. The molecule has 0 aliphatic carbocycles. The number of hydrogen-bond acceptors (Lipinski definition) is 5. The number of hydrogen-bond donors (Lipinski definition) is 0. The van der Waals surface area contributed by atoms with Crippen molar-refractivity contribution in [1.82, 2.24) is 14.4 Å². The summed E-state index contributed by atoms with van der Waals surface area (Å²) in [6.45, 7) is 7.79. The summed E-state index contributed by atoms with van der Waals surface area (Å²) in [4.78, 5) is 17.3. The summed E-state index contributed by atoms with van der Waals surface area (Å²) in [5, 5.41) is 0. The van der Waals surface area contributed by atoms with E-state index < -0.39 is 0 Å². The van der Waals surface area contributed by atoms with E-state index in [1.807, 2.05) is 22.8 Å². The van der Waals surface area contributed by atoms with E-state index >= 15 is 0 Å². The molecule has 0 amide bonds. The van der Waals surface area contributed by atoms with Crippen LogP contribution in [0.2, 0.25) is 0 Å². The van der Waals surface area contributed by atoms with Gasteiger partial charge in [-0.25, -0.2) is 0 Å². The minimum atomic E-state index is 0.140. The first-order valence-corrected chi connectivity index (χ1v) is 12.1. The Balaban J connectivity index is 1.24. The summed E-state index contributed by atoms with van der Waals surface area (Å²) in [6, 6.07) is 11.9. The second-order valence-electron chi connectivity index (χ2n) is 9.62. The molecular weight excluding hydrogens is 402 g/mol. The van der Waals surface area contributed by atoms with E-state index in [0.29, 0.717) is 11.8 Å². The number of piperidine rings is 2. The molecule has 2 aromatic rings. The zero-order valence-electron chi connectivity index (χ0n) is 19.2. The lowest BCUT2D eigenvalue weighted by atomic mass is 9.83. The van der Waals surface area contributed by atoms with Gasteiger partial charge in [0.1, 0.15) is 18.1 Å². The number of aromatic nitrogens is 1. The molecule has 4 heterocycles.